The quantitative estimate of drug-likeness (QED) is 0.241. The monoisotopic (exact) mass is 623 g/mol. The van der Waals surface area contributed by atoms with E-state index in [-0.39, 0.29) is 27.4 Å². The van der Waals surface area contributed by atoms with Crippen molar-refractivity contribution in [3.63, 3.8) is 0 Å². The summed E-state index contributed by atoms with van der Waals surface area (Å²) in [5, 5.41) is 0.839. The smallest absolute Gasteiger partial charge is 0.262 e. The van der Waals surface area contributed by atoms with Gasteiger partial charge in [-0.25, -0.2) is 17.8 Å². The molecule has 12 heteroatoms. The molecule has 2 aromatic heterocycles. The number of anilines is 2. The van der Waals surface area contributed by atoms with Gasteiger partial charge < -0.3 is 14.5 Å². The third-order valence-electron chi connectivity index (χ3n) is 8.17. The molecule has 0 radical (unpaired) electrons. The Hall–Kier alpha value is -3.80. The Morgan fingerprint density at radius 1 is 1.09 bits per heavy atom. The van der Waals surface area contributed by atoms with Gasteiger partial charge in [0.25, 0.3) is 10.0 Å². The molecule has 1 aliphatic heterocycles. The van der Waals surface area contributed by atoms with Crippen molar-refractivity contribution in [3.8, 4) is 17.0 Å². The maximum atomic E-state index is 14.0. The second-order valence-corrected chi connectivity index (χ2v) is 13.5. The van der Waals surface area contributed by atoms with Crippen LogP contribution in [0.15, 0.2) is 59.8 Å². The number of sulfonamides is 1. The second kappa shape index (κ2) is 11.0. The molecule has 0 unspecified atom stereocenters. The summed E-state index contributed by atoms with van der Waals surface area (Å²) in [6, 6.07) is 10.5. The molecule has 43 heavy (non-hydrogen) atoms. The standard InChI is InChI=1S/C31H31ClFN5O4S/c1-37(2)10-5-11-42-29-26(36-43(40,41)23-15-21(32)14-22(33)16-23)13-20(17-35-29)19-6-7-25-24(12-19)28-27(18-34-25)38(3)30(39)31(28)8-4-9-31/h6-7,12-18,36H,4-5,8-11H2,1-3H3. The Morgan fingerprint density at radius 3 is 2.58 bits per heavy atom. The number of carbonyl (C=O) groups is 1. The lowest BCUT2D eigenvalue weighted by molar-refractivity contribution is -0.125. The molecule has 224 valence electrons. The van der Waals surface area contributed by atoms with Gasteiger partial charge in [-0.2, -0.15) is 0 Å². The summed E-state index contributed by atoms with van der Waals surface area (Å²) >= 11 is 5.94. The van der Waals surface area contributed by atoms with E-state index in [9.17, 15) is 17.6 Å². The van der Waals surface area contributed by atoms with Gasteiger partial charge in [-0.3, -0.25) is 14.5 Å². The Bertz CT molecular complexity index is 1840. The van der Waals surface area contributed by atoms with Gasteiger partial charge in [0.15, 0.2) is 0 Å². The topological polar surface area (TPSA) is 105 Å². The summed E-state index contributed by atoms with van der Waals surface area (Å²) in [5.74, 6) is -0.580. The van der Waals surface area contributed by atoms with E-state index in [4.69, 9.17) is 16.3 Å². The molecule has 3 heterocycles. The van der Waals surface area contributed by atoms with Gasteiger partial charge in [0, 0.05) is 41.3 Å². The van der Waals surface area contributed by atoms with Crippen LogP contribution >= 0.6 is 11.6 Å². The first-order valence-corrected chi connectivity index (χ1v) is 15.8. The lowest BCUT2D eigenvalue weighted by Gasteiger charge is -2.37. The van der Waals surface area contributed by atoms with Crippen molar-refractivity contribution in [3.05, 3.63) is 71.3 Å². The fraction of sp³-hybridized carbons (Fsp3) is 0.323. The Balaban J connectivity index is 1.41. The molecule has 1 N–H and O–H groups in total. The number of nitrogens with one attached hydrogen (secondary N) is 1. The zero-order chi connectivity index (χ0) is 30.5. The van der Waals surface area contributed by atoms with Crippen LogP contribution in [-0.4, -0.2) is 63.5 Å². The number of pyridine rings is 2. The molecular formula is C31H31ClFN5O4S. The van der Waals surface area contributed by atoms with Crippen LogP contribution in [0.25, 0.3) is 22.0 Å². The van der Waals surface area contributed by atoms with Crippen LogP contribution in [0.4, 0.5) is 15.8 Å². The SMILES string of the molecule is CN(C)CCCOc1ncc(-c2ccc3ncc4c(c3c2)C2(CCC2)C(=O)N4C)cc1NS(=O)(=O)c1cc(F)cc(Cl)c1. The average Bonchev–Trinajstić information content (AvgIpc) is 3.17. The number of halogens is 2. The zero-order valence-corrected chi connectivity index (χ0v) is 25.6. The maximum absolute atomic E-state index is 14.0. The van der Waals surface area contributed by atoms with Crippen LogP contribution in [0.1, 0.15) is 31.2 Å². The Morgan fingerprint density at radius 2 is 1.88 bits per heavy atom. The van der Waals surface area contributed by atoms with Crippen molar-refractivity contribution in [2.45, 2.75) is 36.0 Å². The van der Waals surface area contributed by atoms with E-state index in [1.807, 2.05) is 37.2 Å². The van der Waals surface area contributed by atoms with Crippen LogP contribution in [0, 0.1) is 5.82 Å². The van der Waals surface area contributed by atoms with Crippen molar-refractivity contribution in [1.29, 1.82) is 0 Å². The first-order valence-electron chi connectivity index (χ1n) is 14.0. The molecule has 2 aromatic carbocycles. The number of aromatic nitrogens is 2. The van der Waals surface area contributed by atoms with Gasteiger partial charge in [-0.05, 0) is 75.3 Å². The first-order chi connectivity index (χ1) is 20.5. The first kappa shape index (κ1) is 29.3. The van der Waals surface area contributed by atoms with Crippen LogP contribution in [-0.2, 0) is 20.2 Å². The molecule has 2 aliphatic rings. The molecule has 1 aliphatic carbocycles. The molecule has 1 fully saturated rings. The molecule has 1 amide bonds. The van der Waals surface area contributed by atoms with E-state index in [1.54, 1.807) is 30.4 Å². The van der Waals surface area contributed by atoms with Gasteiger partial charge >= 0.3 is 0 Å². The normalized spacial score (nSPS) is 15.7. The fourth-order valence-corrected chi connectivity index (χ4v) is 7.28. The molecule has 6 rings (SSSR count). The number of hydrogen-bond acceptors (Lipinski definition) is 7. The number of rotatable bonds is 9. The van der Waals surface area contributed by atoms with E-state index >= 15 is 0 Å². The third kappa shape index (κ3) is 5.30. The number of hydrogen-bond donors (Lipinski definition) is 1. The van der Waals surface area contributed by atoms with Gasteiger partial charge in [0.1, 0.15) is 11.5 Å². The number of carbonyl (C=O) groups excluding carboxylic acids is 1. The minimum atomic E-state index is -4.25. The molecule has 4 aromatic rings. The number of benzene rings is 2. The molecule has 1 saturated carbocycles. The van der Waals surface area contributed by atoms with E-state index in [0.717, 1.165) is 65.7 Å². The number of nitrogens with zero attached hydrogens (tertiary/aromatic N) is 4. The lowest BCUT2D eigenvalue weighted by atomic mass is 9.64. The van der Waals surface area contributed by atoms with Crippen molar-refractivity contribution in [2.24, 2.45) is 0 Å². The van der Waals surface area contributed by atoms with Gasteiger partial charge in [0.05, 0.1) is 34.3 Å². The Labute approximate surface area is 254 Å². The molecule has 0 atom stereocenters. The molecule has 0 bridgehead atoms. The minimum absolute atomic E-state index is 0.0434. The highest BCUT2D eigenvalue weighted by atomic mass is 35.5. The summed E-state index contributed by atoms with van der Waals surface area (Å²) in [5.41, 5.74) is 3.54. The summed E-state index contributed by atoms with van der Waals surface area (Å²) < 4.78 is 49.1. The Kier molecular flexibility index (Phi) is 7.52. The summed E-state index contributed by atoms with van der Waals surface area (Å²) in [7, 11) is 1.44. The summed E-state index contributed by atoms with van der Waals surface area (Å²) in [4.78, 5) is 25.7. The molecule has 9 nitrogen and oxygen atoms in total. The van der Waals surface area contributed by atoms with Crippen molar-refractivity contribution < 1.29 is 22.3 Å². The largest absolute Gasteiger partial charge is 0.476 e. The van der Waals surface area contributed by atoms with Crippen LogP contribution in [0.2, 0.25) is 5.02 Å². The van der Waals surface area contributed by atoms with Crippen molar-refractivity contribution in [2.75, 3.05) is 43.9 Å². The highest BCUT2D eigenvalue weighted by Crippen LogP contribution is 2.55. The van der Waals surface area contributed by atoms with Gasteiger partial charge in [-0.15, -0.1) is 0 Å². The van der Waals surface area contributed by atoms with Crippen molar-refractivity contribution in [1.82, 2.24) is 14.9 Å². The van der Waals surface area contributed by atoms with Crippen LogP contribution < -0.4 is 14.4 Å². The molecule has 0 saturated heterocycles. The molecule has 1 spiro atoms. The highest BCUT2D eigenvalue weighted by molar-refractivity contribution is 7.92. The van der Waals surface area contributed by atoms with E-state index in [0.29, 0.717) is 18.6 Å². The van der Waals surface area contributed by atoms with E-state index in [2.05, 4.69) is 14.7 Å². The number of ether oxygens (including phenoxy) is 1. The lowest BCUT2D eigenvalue weighted by Crippen LogP contribution is -2.43. The minimum Gasteiger partial charge on any atom is -0.476 e. The van der Waals surface area contributed by atoms with E-state index < -0.39 is 21.3 Å². The molecular weight excluding hydrogens is 593 g/mol. The maximum Gasteiger partial charge on any atom is 0.262 e. The van der Waals surface area contributed by atoms with Crippen LogP contribution in [0.5, 0.6) is 5.88 Å². The number of fused-ring (bicyclic) bond motifs is 4. The van der Waals surface area contributed by atoms with Gasteiger partial charge in [0.2, 0.25) is 11.8 Å². The fourth-order valence-electron chi connectivity index (χ4n) is 5.89. The summed E-state index contributed by atoms with van der Waals surface area (Å²) in [6.45, 7) is 1.08. The number of amides is 1. The zero-order valence-electron chi connectivity index (χ0n) is 24.0. The van der Waals surface area contributed by atoms with E-state index in [1.165, 1.54) is 6.07 Å². The van der Waals surface area contributed by atoms with Gasteiger partial charge in [-0.1, -0.05) is 24.1 Å². The predicted octanol–water partition coefficient (Wildman–Crippen LogP) is 5.62. The third-order valence-corrected chi connectivity index (χ3v) is 9.74. The summed E-state index contributed by atoms with van der Waals surface area (Å²) in [6.07, 6.45) is 6.65. The van der Waals surface area contributed by atoms with Crippen molar-refractivity contribution >= 4 is 49.8 Å². The predicted molar refractivity (Wildman–Crippen MR) is 165 cm³/mol. The van der Waals surface area contributed by atoms with Crippen LogP contribution in [0.3, 0.4) is 0 Å². The highest BCUT2D eigenvalue weighted by Gasteiger charge is 2.54. The number of likely N-dealkylation sites (N-methyl/N-ethyl adjacent to an activating group) is 1. The second-order valence-electron chi connectivity index (χ2n) is 11.3. The average molecular weight is 624 g/mol.